The quantitative estimate of drug-likeness (QED) is 0.609. The molecule has 3 rings (SSSR count). The molecule has 0 fully saturated rings. The van der Waals surface area contributed by atoms with Crippen LogP contribution < -0.4 is 3.96 Å². The minimum Gasteiger partial charge on any atom is -0.143 e. The predicted molar refractivity (Wildman–Crippen MR) is 76.4 cm³/mol. The molecule has 0 unspecified atom stereocenters. The molecule has 88 valence electrons. The average Bonchev–Trinajstić information content (AvgIpc) is 2.83. The van der Waals surface area contributed by atoms with E-state index in [1.807, 2.05) is 0 Å². The molecule has 0 bridgehead atoms. The highest BCUT2D eigenvalue weighted by atomic mass is 32.1. The van der Waals surface area contributed by atoms with Crippen LogP contribution in [0.3, 0.4) is 0 Å². The van der Waals surface area contributed by atoms with Crippen molar-refractivity contribution in [3.63, 3.8) is 0 Å². The number of aromatic nitrogens is 1. The van der Waals surface area contributed by atoms with Crippen LogP contribution in [0.1, 0.15) is 0 Å². The Morgan fingerprint density at radius 3 is 1.94 bits per heavy atom. The van der Waals surface area contributed by atoms with Crippen LogP contribution in [-0.2, 0) is 7.05 Å². The normalized spacial score (nSPS) is 10.5. The first kappa shape index (κ1) is 11.2. The van der Waals surface area contributed by atoms with Crippen LogP contribution in [0.5, 0.6) is 0 Å². The predicted octanol–water partition coefficient (Wildman–Crippen LogP) is 3.91. The fourth-order valence-electron chi connectivity index (χ4n) is 2.08. The Bertz CT molecular complexity index is 584. The molecule has 0 aliphatic heterocycles. The summed E-state index contributed by atoms with van der Waals surface area (Å²) in [5, 5.41) is 0. The first-order valence-electron chi connectivity index (χ1n) is 5.95. The van der Waals surface area contributed by atoms with E-state index in [2.05, 4.69) is 77.9 Å². The lowest BCUT2D eigenvalue weighted by molar-refractivity contribution is -0.600. The average molecular weight is 252 g/mol. The molecule has 18 heavy (non-hydrogen) atoms. The summed E-state index contributed by atoms with van der Waals surface area (Å²) in [6, 6.07) is 21.1. The largest absolute Gasteiger partial charge is 0.192 e. The number of hydrogen-bond acceptors (Lipinski definition) is 1. The number of aryl methyl sites for hydroxylation is 1. The number of hydrogen-bond donors (Lipinski definition) is 0. The van der Waals surface area contributed by atoms with Crippen molar-refractivity contribution in [3.8, 4) is 21.6 Å². The third-order valence-corrected chi connectivity index (χ3v) is 3.94. The molecule has 1 nitrogen and oxygen atoms in total. The maximum absolute atomic E-state index is 2.20. The molecule has 0 N–H and O–H groups in total. The monoisotopic (exact) mass is 252 g/mol. The van der Waals surface area contributed by atoms with Crippen LogP contribution in [0.25, 0.3) is 21.6 Å². The molecule has 0 saturated carbocycles. The Hall–Kier alpha value is -1.93. The summed E-state index contributed by atoms with van der Waals surface area (Å²) in [7, 11) is 2.09. The minimum absolute atomic E-state index is 1.27. The minimum atomic E-state index is 1.27. The van der Waals surface area contributed by atoms with Crippen LogP contribution >= 0.6 is 11.5 Å². The third kappa shape index (κ3) is 2.07. The molecule has 1 heterocycles. The zero-order chi connectivity index (χ0) is 12.4. The molecule has 3 aromatic rings. The Kier molecular flexibility index (Phi) is 2.95. The smallest absolute Gasteiger partial charge is 0.143 e. The van der Waals surface area contributed by atoms with Gasteiger partial charge in [0.1, 0.15) is 16.4 Å². The number of rotatable bonds is 2. The van der Waals surface area contributed by atoms with Gasteiger partial charge in [-0.25, -0.2) is 0 Å². The summed E-state index contributed by atoms with van der Waals surface area (Å²) >= 11 is 1.78. The number of benzene rings is 2. The van der Waals surface area contributed by atoms with Crippen LogP contribution in [0.15, 0.2) is 66.9 Å². The first-order valence-corrected chi connectivity index (χ1v) is 6.73. The van der Waals surface area contributed by atoms with Crippen molar-refractivity contribution in [2.45, 2.75) is 0 Å². The highest BCUT2D eigenvalue weighted by Gasteiger charge is 2.16. The van der Waals surface area contributed by atoms with Crippen LogP contribution in [0.2, 0.25) is 0 Å². The van der Waals surface area contributed by atoms with Crippen LogP contribution in [0, 0.1) is 0 Å². The van der Waals surface area contributed by atoms with E-state index in [4.69, 9.17) is 0 Å². The van der Waals surface area contributed by atoms with E-state index in [9.17, 15) is 0 Å². The molecule has 0 saturated heterocycles. The molecule has 0 aliphatic carbocycles. The molecule has 2 aromatic carbocycles. The van der Waals surface area contributed by atoms with Gasteiger partial charge in [-0.2, -0.15) is 0 Å². The van der Waals surface area contributed by atoms with Crippen molar-refractivity contribution in [3.05, 3.63) is 66.9 Å². The van der Waals surface area contributed by atoms with E-state index >= 15 is 0 Å². The molecule has 0 radical (unpaired) electrons. The van der Waals surface area contributed by atoms with Crippen LogP contribution in [-0.4, -0.2) is 0 Å². The van der Waals surface area contributed by atoms with Gasteiger partial charge in [0.25, 0.3) is 0 Å². The standard InChI is InChI=1S/C16H14NS/c1-17-12-15(13-8-4-2-5-9-13)16(18-17)14-10-6-3-7-11-14/h2-12H,1H3/q+1. The fraction of sp³-hybridized carbons (Fsp3) is 0.0625. The molecule has 0 atom stereocenters. The van der Waals surface area contributed by atoms with Gasteiger partial charge < -0.3 is 0 Å². The van der Waals surface area contributed by atoms with Crippen molar-refractivity contribution < 1.29 is 3.96 Å². The molecule has 0 spiro atoms. The van der Waals surface area contributed by atoms with Gasteiger partial charge in [-0.15, -0.1) is 3.96 Å². The second kappa shape index (κ2) is 4.75. The molecule has 2 heteroatoms. The second-order valence-corrected chi connectivity index (χ2v) is 5.41. The van der Waals surface area contributed by atoms with Crippen LogP contribution in [0.4, 0.5) is 0 Å². The summed E-state index contributed by atoms with van der Waals surface area (Å²) in [6.07, 6.45) is 2.20. The molecular weight excluding hydrogens is 238 g/mol. The lowest BCUT2D eigenvalue weighted by Crippen LogP contribution is -2.19. The van der Waals surface area contributed by atoms with Crippen molar-refractivity contribution in [1.29, 1.82) is 0 Å². The Morgan fingerprint density at radius 1 is 0.778 bits per heavy atom. The van der Waals surface area contributed by atoms with Gasteiger partial charge in [-0.1, -0.05) is 60.7 Å². The first-order chi connectivity index (χ1) is 8.84. The lowest BCUT2D eigenvalue weighted by Gasteiger charge is -1.99. The van der Waals surface area contributed by atoms with Gasteiger partial charge >= 0.3 is 0 Å². The zero-order valence-corrected chi connectivity index (χ0v) is 11.0. The molecule has 1 aromatic heterocycles. The van der Waals surface area contributed by atoms with E-state index in [1.165, 1.54) is 21.6 Å². The van der Waals surface area contributed by atoms with E-state index in [1.54, 1.807) is 11.5 Å². The van der Waals surface area contributed by atoms with Crippen molar-refractivity contribution in [2.24, 2.45) is 7.05 Å². The summed E-state index contributed by atoms with van der Waals surface area (Å²) in [5.41, 5.74) is 3.85. The van der Waals surface area contributed by atoms with Gasteiger partial charge in [-0.3, -0.25) is 0 Å². The van der Waals surface area contributed by atoms with E-state index in [0.29, 0.717) is 0 Å². The molecule has 0 amide bonds. The maximum atomic E-state index is 2.20. The topological polar surface area (TPSA) is 3.88 Å². The third-order valence-electron chi connectivity index (χ3n) is 2.91. The van der Waals surface area contributed by atoms with Crippen molar-refractivity contribution in [2.75, 3.05) is 0 Å². The van der Waals surface area contributed by atoms with E-state index in [-0.39, 0.29) is 0 Å². The Labute approximate surface area is 111 Å². The van der Waals surface area contributed by atoms with Crippen molar-refractivity contribution >= 4 is 11.5 Å². The van der Waals surface area contributed by atoms with Gasteiger partial charge in [0.05, 0.1) is 5.56 Å². The SMILES string of the molecule is C[n+]1cc(-c2ccccc2)c(-c2ccccc2)s1. The van der Waals surface area contributed by atoms with Crippen molar-refractivity contribution in [1.82, 2.24) is 0 Å². The highest BCUT2D eigenvalue weighted by molar-refractivity contribution is 7.06. The summed E-state index contributed by atoms with van der Waals surface area (Å²) in [6.45, 7) is 0. The number of nitrogens with zero attached hydrogens (tertiary/aromatic N) is 1. The van der Waals surface area contributed by atoms with Gasteiger partial charge in [-0.05, 0) is 11.1 Å². The molecule has 0 aliphatic rings. The van der Waals surface area contributed by atoms with E-state index in [0.717, 1.165) is 0 Å². The maximum Gasteiger partial charge on any atom is 0.192 e. The Balaban J connectivity index is 2.17. The zero-order valence-electron chi connectivity index (χ0n) is 10.2. The molecular formula is C16H14NS+. The van der Waals surface area contributed by atoms with Gasteiger partial charge in [0.15, 0.2) is 13.2 Å². The Morgan fingerprint density at radius 2 is 1.33 bits per heavy atom. The van der Waals surface area contributed by atoms with Gasteiger partial charge in [0, 0.05) is 0 Å². The highest BCUT2D eigenvalue weighted by Crippen LogP contribution is 2.33. The lowest BCUT2D eigenvalue weighted by atomic mass is 10.0. The second-order valence-electron chi connectivity index (χ2n) is 4.24. The summed E-state index contributed by atoms with van der Waals surface area (Å²) in [5.74, 6) is 0. The fourth-order valence-corrected chi connectivity index (χ4v) is 3.04. The van der Waals surface area contributed by atoms with E-state index < -0.39 is 0 Å². The summed E-state index contributed by atoms with van der Waals surface area (Å²) < 4.78 is 2.16. The summed E-state index contributed by atoms with van der Waals surface area (Å²) in [4.78, 5) is 1.32. The van der Waals surface area contributed by atoms with Gasteiger partial charge in [0.2, 0.25) is 0 Å².